The summed E-state index contributed by atoms with van der Waals surface area (Å²) >= 11 is 0. The zero-order chi connectivity index (χ0) is 10.6. The van der Waals surface area contributed by atoms with Crippen LogP contribution in [0, 0.1) is 5.92 Å². The summed E-state index contributed by atoms with van der Waals surface area (Å²) < 4.78 is 10.5. The summed E-state index contributed by atoms with van der Waals surface area (Å²) in [5.41, 5.74) is 2.52. The third-order valence-corrected chi connectivity index (χ3v) is 2.92. The molecular weight excluding hydrogens is 176 g/mol. The maximum absolute atomic E-state index is 5.41. The van der Waals surface area contributed by atoms with Gasteiger partial charge in [0.25, 0.3) is 0 Å². The lowest BCUT2D eigenvalue weighted by molar-refractivity contribution is 0.103. The van der Waals surface area contributed by atoms with Crippen LogP contribution in [0.15, 0.2) is 23.8 Å². The molecule has 0 radical (unpaired) electrons. The number of rotatable bonds is 4. The Balaban J connectivity index is 2.56. The van der Waals surface area contributed by atoms with E-state index in [0.29, 0.717) is 12.5 Å². The highest BCUT2D eigenvalue weighted by Crippen LogP contribution is 2.30. The molecule has 0 N–H and O–H groups in total. The van der Waals surface area contributed by atoms with Gasteiger partial charge in [-0.05, 0) is 36.8 Å². The number of hydrogen-bond donors (Lipinski definition) is 0. The summed E-state index contributed by atoms with van der Waals surface area (Å²) in [6, 6.07) is 0. The first-order chi connectivity index (χ1) is 6.69. The molecule has 0 aliphatic heterocycles. The van der Waals surface area contributed by atoms with Crippen LogP contribution in [0.1, 0.15) is 19.8 Å². The summed E-state index contributed by atoms with van der Waals surface area (Å²) in [5.74, 6) is 0.517. The maximum Gasteiger partial charge on any atom is 0.0784 e. The van der Waals surface area contributed by atoms with Crippen LogP contribution in [0.3, 0.4) is 0 Å². The lowest BCUT2D eigenvalue weighted by Crippen LogP contribution is -2.23. The molecule has 0 heterocycles. The minimum absolute atomic E-state index is 0.266. The van der Waals surface area contributed by atoms with Crippen LogP contribution in [0.25, 0.3) is 0 Å². The van der Waals surface area contributed by atoms with Crippen molar-refractivity contribution >= 4 is 0 Å². The molecule has 1 aliphatic rings. The fourth-order valence-corrected chi connectivity index (χ4v) is 1.92. The van der Waals surface area contributed by atoms with Crippen LogP contribution in [-0.2, 0) is 9.47 Å². The van der Waals surface area contributed by atoms with E-state index in [9.17, 15) is 0 Å². The number of hydrogen-bond acceptors (Lipinski definition) is 2. The van der Waals surface area contributed by atoms with E-state index in [-0.39, 0.29) is 6.10 Å². The van der Waals surface area contributed by atoms with E-state index >= 15 is 0 Å². The average Bonchev–Trinajstić information content (AvgIpc) is 2.19. The van der Waals surface area contributed by atoms with E-state index in [1.54, 1.807) is 14.2 Å². The SMILES string of the molecule is C=C(COC)C1CC=C(C)C(OC)C1. The molecular formula is C12H20O2. The van der Waals surface area contributed by atoms with Gasteiger partial charge in [-0.3, -0.25) is 0 Å². The van der Waals surface area contributed by atoms with Gasteiger partial charge < -0.3 is 9.47 Å². The normalized spacial score (nSPS) is 27.2. The standard InChI is InChI=1S/C12H20O2/c1-9-5-6-11(7-12(9)14-4)10(2)8-13-3/h5,11-12H,2,6-8H2,1,3-4H3. The minimum Gasteiger partial charge on any atom is -0.380 e. The average molecular weight is 196 g/mol. The van der Waals surface area contributed by atoms with Gasteiger partial charge in [0.05, 0.1) is 12.7 Å². The van der Waals surface area contributed by atoms with Gasteiger partial charge in [-0.25, -0.2) is 0 Å². The second kappa shape index (κ2) is 5.32. The van der Waals surface area contributed by atoms with Gasteiger partial charge in [0.15, 0.2) is 0 Å². The van der Waals surface area contributed by atoms with Gasteiger partial charge in [-0.2, -0.15) is 0 Å². The highest BCUT2D eigenvalue weighted by molar-refractivity contribution is 5.16. The van der Waals surface area contributed by atoms with E-state index < -0.39 is 0 Å². The Bertz CT molecular complexity index is 230. The first-order valence-electron chi connectivity index (χ1n) is 5.05. The van der Waals surface area contributed by atoms with Gasteiger partial charge in [-0.15, -0.1) is 0 Å². The minimum atomic E-state index is 0.266. The summed E-state index contributed by atoms with van der Waals surface area (Å²) in [6.45, 7) is 6.84. The molecule has 0 spiro atoms. The summed E-state index contributed by atoms with van der Waals surface area (Å²) in [6.07, 6.45) is 4.64. The van der Waals surface area contributed by atoms with Crippen molar-refractivity contribution < 1.29 is 9.47 Å². The van der Waals surface area contributed by atoms with E-state index in [4.69, 9.17) is 9.47 Å². The molecule has 2 nitrogen and oxygen atoms in total. The van der Waals surface area contributed by atoms with Gasteiger partial charge >= 0.3 is 0 Å². The van der Waals surface area contributed by atoms with E-state index in [1.807, 2.05) is 0 Å². The summed E-state index contributed by atoms with van der Waals surface area (Å²) in [4.78, 5) is 0. The third kappa shape index (κ3) is 2.69. The van der Waals surface area contributed by atoms with Crippen LogP contribution < -0.4 is 0 Å². The first-order valence-corrected chi connectivity index (χ1v) is 5.05. The Morgan fingerprint density at radius 3 is 2.86 bits per heavy atom. The van der Waals surface area contributed by atoms with E-state index in [0.717, 1.165) is 12.8 Å². The lowest BCUT2D eigenvalue weighted by Gasteiger charge is -2.28. The summed E-state index contributed by atoms with van der Waals surface area (Å²) in [5, 5.41) is 0. The van der Waals surface area contributed by atoms with Crippen molar-refractivity contribution in [3.63, 3.8) is 0 Å². The second-order valence-corrected chi connectivity index (χ2v) is 3.93. The molecule has 0 aromatic carbocycles. The Morgan fingerprint density at radius 1 is 1.57 bits per heavy atom. The zero-order valence-electron chi connectivity index (χ0n) is 9.38. The van der Waals surface area contributed by atoms with Gasteiger partial charge in [0, 0.05) is 14.2 Å². The zero-order valence-corrected chi connectivity index (χ0v) is 9.38. The molecule has 0 bridgehead atoms. The quantitative estimate of drug-likeness (QED) is 0.643. The largest absolute Gasteiger partial charge is 0.380 e. The van der Waals surface area contributed by atoms with Crippen molar-refractivity contribution in [2.75, 3.05) is 20.8 Å². The van der Waals surface area contributed by atoms with Crippen LogP contribution >= 0.6 is 0 Å². The van der Waals surface area contributed by atoms with Gasteiger partial charge in [0.2, 0.25) is 0 Å². The monoisotopic (exact) mass is 196 g/mol. The third-order valence-electron chi connectivity index (χ3n) is 2.92. The molecule has 1 aliphatic carbocycles. The molecule has 0 aromatic heterocycles. The molecule has 80 valence electrons. The number of allylic oxidation sites excluding steroid dienone is 1. The van der Waals surface area contributed by atoms with Crippen LogP contribution in [0.5, 0.6) is 0 Å². The molecule has 0 amide bonds. The fourth-order valence-electron chi connectivity index (χ4n) is 1.92. The van der Waals surface area contributed by atoms with E-state index in [2.05, 4.69) is 19.6 Å². The van der Waals surface area contributed by atoms with E-state index in [1.165, 1.54) is 11.1 Å². The molecule has 0 fully saturated rings. The highest BCUT2D eigenvalue weighted by atomic mass is 16.5. The second-order valence-electron chi connectivity index (χ2n) is 3.93. The van der Waals surface area contributed by atoms with Crippen LogP contribution in [0.2, 0.25) is 0 Å². The fraction of sp³-hybridized carbons (Fsp3) is 0.667. The molecule has 0 saturated carbocycles. The molecule has 2 unspecified atom stereocenters. The smallest absolute Gasteiger partial charge is 0.0784 e. The van der Waals surface area contributed by atoms with Crippen molar-refractivity contribution in [2.24, 2.45) is 5.92 Å². The Labute approximate surface area is 86.6 Å². The predicted molar refractivity (Wildman–Crippen MR) is 58.3 cm³/mol. The van der Waals surface area contributed by atoms with Gasteiger partial charge in [-0.1, -0.05) is 12.7 Å². The molecule has 2 atom stereocenters. The van der Waals surface area contributed by atoms with Crippen LogP contribution in [-0.4, -0.2) is 26.9 Å². The summed E-state index contributed by atoms with van der Waals surface area (Å²) in [7, 11) is 3.48. The topological polar surface area (TPSA) is 18.5 Å². The number of methoxy groups -OCH3 is 2. The number of ether oxygens (including phenoxy) is 2. The Kier molecular flexibility index (Phi) is 4.36. The Hall–Kier alpha value is -0.600. The van der Waals surface area contributed by atoms with Crippen molar-refractivity contribution in [1.29, 1.82) is 0 Å². The van der Waals surface area contributed by atoms with Crippen molar-refractivity contribution in [2.45, 2.75) is 25.9 Å². The molecule has 0 aromatic rings. The molecule has 2 heteroatoms. The van der Waals surface area contributed by atoms with Crippen molar-refractivity contribution in [3.8, 4) is 0 Å². The molecule has 14 heavy (non-hydrogen) atoms. The van der Waals surface area contributed by atoms with Crippen molar-refractivity contribution in [3.05, 3.63) is 23.8 Å². The lowest BCUT2D eigenvalue weighted by atomic mass is 9.84. The first kappa shape index (κ1) is 11.5. The Morgan fingerprint density at radius 2 is 2.29 bits per heavy atom. The molecule has 0 saturated heterocycles. The van der Waals surface area contributed by atoms with Crippen molar-refractivity contribution in [1.82, 2.24) is 0 Å². The predicted octanol–water partition coefficient (Wildman–Crippen LogP) is 2.56. The highest BCUT2D eigenvalue weighted by Gasteiger charge is 2.23. The maximum atomic E-state index is 5.41. The van der Waals surface area contributed by atoms with Gasteiger partial charge in [0.1, 0.15) is 0 Å². The molecule has 1 rings (SSSR count). The van der Waals surface area contributed by atoms with Crippen LogP contribution in [0.4, 0.5) is 0 Å².